The van der Waals surface area contributed by atoms with Crippen LogP contribution in [-0.2, 0) is 6.18 Å². The van der Waals surface area contributed by atoms with Crippen molar-refractivity contribution in [2.75, 3.05) is 7.18 Å². The van der Waals surface area contributed by atoms with Crippen LogP contribution in [0.5, 0.6) is 0 Å². The third-order valence-electron chi connectivity index (χ3n) is 0.955. The van der Waals surface area contributed by atoms with Gasteiger partial charge in [-0.25, -0.2) is 0 Å². The fraction of sp³-hybridized carbons (Fsp3) is 0.286. The summed E-state index contributed by atoms with van der Waals surface area (Å²) < 4.78 is 44.7. The molecule has 0 unspecified atom stereocenters. The van der Waals surface area contributed by atoms with E-state index < -0.39 is 11.9 Å². The SMILES string of the molecule is CF.FC(F)(F)c1ccccn1. The zero-order valence-corrected chi connectivity index (χ0v) is 6.27. The molecule has 0 bridgehead atoms. The molecule has 1 aromatic rings. The molecule has 0 aromatic carbocycles. The quantitative estimate of drug-likeness (QED) is 0.560. The molecule has 1 heterocycles. The summed E-state index contributed by atoms with van der Waals surface area (Å²) in [5.74, 6) is 0. The Balaban J connectivity index is 0.000000561. The van der Waals surface area contributed by atoms with Crippen molar-refractivity contribution >= 4 is 0 Å². The Morgan fingerprint density at radius 1 is 1.17 bits per heavy atom. The first-order chi connectivity index (χ1) is 5.61. The second kappa shape index (κ2) is 4.69. The number of nitrogens with zero attached hydrogens (tertiary/aromatic N) is 1. The molecule has 0 spiro atoms. The third kappa shape index (κ3) is 3.32. The summed E-state index contributed by atoms with van der Waals surface area (Å²) >= 11 is 0. The average Bonchev–Trinajstić information content (AvgIpc) is 2.08. The first kappa shape index (κ1) is 10.9. The maximum atomic E-state index is 11.7. The Hall–Kier alpha value is -1.13. The number of alkyl halides is 4. The lowest BCUT2D eigenvalue weighted by atomic mass is 10.3. The van der Waals surface area contributed by atoms with Gasteiger partial charge in [0, 0.05) is 6.20 Å². The number of aromatic nitrogens is 1. The Morgan fingerprint density at radius 3 is 2.00 bits per heavy atom. The first-order valence-corrected chi connectivity index (χ1v) is 2.97. The minimum atomic E-state index is -4.32. The van der Waals surface area contributed by atoms with Gasteiger partial charge in [-0.05, 0) is 12.1 Å². The fourth-order valence-electron chi connectivity index (χ4n) is 0.530. The van der Waals surface area contributed by atoms with Crippen LogP contribution in [0, 0.1) is 0 Å². The van der Waals surface area contributed by atoms with Crippen molar-refractivity contribution < 1.29 is 17.6 Å². The highest BCUT2D eigenvalue weighted by Crippen LogP contribution is 2.26. The molecule has 0 saturated heterocycles. The zero-order valence-electron chi connectivity index (χ0n) is 6.27. The van der Waals surface area contributed by atoms with E-state index in [1.165, 1.54) is 12.1 Å². The summed E-state index contributed by atoms with van der Waals surface area (Å²) in [4.78, 5) is 3.12. The van der Waals surface area contributed by atoms with Crippen LogP contribution in [0.2, 0.25) is 0 Å². The molecular weight excluding hydrogens is 174 g/mol. The van der Waals surface area contributed by atoms with Crippen LogP contribution in [0.3, 0.4) is 0 Å². The van der Waals surface area contributed by atoms with Gasteiger partial charge < -0.3 is 0 Å². The second-order valence-corrected chi connectivity index (χ2v) is 1.71. The van der Waals surface area contributed by atoms with Crippen LogP contribution in [0.1, 0.15) is 5.69 Å². The van der Waals surface area contributed by atoms with E-state index in [1.54, 1.807) is 0 Å². The minimum absolute atomic E-state index is 0.500. The molecule has 0 aliphatic carbocycles. The standard InChI is InChI=1S/C6H4F3N.CH3F/c7-6(8,9)5-3-1-2-4-10-5;1-2/h1-4H;1H3. The first-order valence-electron chi connectivity index (χ1n) is 2.97. The molecule has 0 fully saturated rings. The van der Waals surface area contributed by atoms with Gasteiger partial charge >= 0.3 is 6.18 Å². The molecule has 0 aliphatic rings. The molecule has 0 radical (unpaired) electrons. The van der Waals surface area contributed by atoms with Crippen molar-refractivity contribution in [1.29, 1.82) is 0 Å². The van der Waals surface area contributed by atoms with Gasteiger partial charge in [-0.1, -0.05) is 6.07 Å². The molecule has 1 rings (SSSR count). The van der Waals surface area contributed by atoms with E-state index in [0.717, 1.165) is 12.3 Å². The maximum absolute atomic E-state index is 11.7. The van der Waals surface area contributed by atoms with Gasteiger partial charge in [0.15, 0.2) is 0 Å². The molecule has 0 aliphatic heterocycles. The van der Waals surface area contributed by atoms with Crippen LogP contribution in [0.25, 0.3) is 0 Å². The normalized spacial score (nSPS) is 10.1. The van der Waals surface area contributed by atoms with Crippen molar-refractivity contribution in [2.24, 2.45) is 0 Å². The van der Waals surface area contributed by atoms with E-state index >= 15 is 0 Å². The molecule has 68 valence electrons. The van der Waals surface area contributed by atoms with Crippen molar-refractivity contribution in [1.82, 2.24) is 4.98 Å². The van der Waals surface area contributed by atoms with Gasteiger partial charge in [0.05, 0.1) is 7.18 Å². The van der Waals surface area contributed by atoms with Crippen LogP contribution in [0.4, 0.5) is 17.6 Å². The summed E-state index contributed by atoms with van der Waals surface area (Å²) in [7, 11) is 0.500. The van der Waals surface area contributed by atoms with Gasteiger partial charge in [-0.3, -0.25) is 9.37 Å². The lowest BCUT2D eigenvalue weighted by Gasteiger charge is -2.02. The van der Waals surface area contributed by atoms with Gasteiger partial charge in [0.1, 0.15) is 5.69 Å². The topological polar surface area (TPSA) is 12.9 Å². The molecule has 5 heteroatoms. The summed E-state index contributed by atoms with van der Waals surface area (Å²) in [5, 5.41) is 0. The van der Waals surface area contributed by atoms with E-state index in [1.807, 2.05) is 0 Å². The summed E-state index contributed by atoms with van der Waals surface area (Å²) in [6.45, 7) is 0. The lowest BCUT2D eigenvalue weighted by Crippen LogP contribution is -2.06. The smallest absolute Gasteiger partial charge is 0.255 e. The molecule has 0 atom stereocenters. The molecule has 1 nitrogen and oxygen atoms in total. The molecule has 0 amide bonds. The third-order valence-corrected chi connectivity index (χ3v) is 0.955. The second-order valence-electron chi connectivity index (χ2n) is 1.71. The Kier molecular flexibility index (Phi) is 4.25. The summed E-state index contributed by atoms with van der Waals surface area (Å²) in [5.41, 5.74) is -0.852. The van der Waals surface area contributed by atoms with Crippen molar-refractivity contribution in [3.63, 3.8) is 0 Å². The molecule has 1 aromatic heterocycles. The van der Waals surface area contributed by atoms with E-state index in [9.17, 15) is 17.6 Å². The Morgan fingerprint density at radius 2 is 1.75 bits per heavy atom. The lowest BCUT2D eigenvalue weighted by molar-refractivity contribution is -0.141. The van der Waals surface area contributed by atoms with E-state index in [-0.39, 0.29) is 0 Å². The summed E-state index contributed by atoms with van der Waals surface area (Å²) in [6, 6.07) is 3.67. The Labute approximate surface area is 67.0 Å². The van der Waals surface area contributed by atoms with Crippen molar-refractivity contribution in [3.8, 4) is 0 Å². The van der Waals surface area contributed by atoms with E-state index in [0.29, 0.717) is 7.18 Å². The van der Waals surface area contributed by atoms with Gasteiger partial charge in [0.25, 0.3) is 0 Å². The zero-order chi connectivity index (χ0) is 9.61. The van der Waals surface area contributed by atoms with Crippen LogP contribution < -0.4 is 0 Å². The molecule has 0 saturated carbocycles. The van der Waals surface area contributed by atoms with Crippen LogP contribution in [0.15, 0.2) is 24.4 Å². The number of rotatable bonds is 0. The van der Waals surface area contributed by atoms with Crippen LogP contribution in [-0.4, -0.2) is 12.2 Å². The highest BCUT2D eigenvalue weighted by Gasteiger charge is 2.31. The largest absolute Gasteiger partial charge is 0.433 e. The van der Waals surface area contributed by atoms with E-state index in [2.05, 4.69) is 4.98 Å². The van der Waals surface area contributed by atoms with Gasteiger partial charge in [-0.2, -0.15) is 13.2 Å². The highest BCUT2D eigenvalue weighted by molar-refractivity contribution is 5.06. The van der Waals surface area contributed by atoms with Gasteiger partial charge in [0.2, 0.25) is 0 Å². The number of pyridine rings is 1. The number of hydrogen-bond acceptors (Lipinski definition) is 1. The van der Waals surface area contributed by atoms with Gasteiger partial charge in [-0.15, -0.1) is 0 Å². The summed E-state index contributed by atoms with van der Waals surface area (Å²) in [6.07, 6.45) is -3.20. The highest BCUT2D eigenvalue weighted by atomic mass is 19.4. The number of halogens is 4. The van der Waals surface area contributed by atoms with Crippen molar-refractivity contribution in [3.05, 3.63) is 30.1 Å². The monoisotopic (exact) mass is 181 g/mol. The maximum Gasteiger partial charge on any atom is 0.433 e. The minimum Gasteiger partial charge on any atom is -0.255 e. The molecule has 0 N–H and O–H groups in total. The predicted octanol–water partition coefficient (Wildman–Crippen LogP) is 2.69. The van der Waals surface area contributed by atoms with Crippen LogP contribution >= 0.6 is 0 Å². The number of hydrogen-bond donors (Lipinski definition) is 0. The Bertz CT molecular complexity index is 206. The molecule has 12 heavy (non-hydrogen) atoms. The van der Waals surface area contributed by atoms with Crippen molar-refractivity contribution in [2.45, 2.75) is 6.18 Å². The predicted molar refractivity (Wildman–Crippen MR) is 36.3 cm³/mol. The van der Waals surface area contributed by atoms with E-state index in [4.69, 9.17) is 0 Å². The average molecular weight is 181 g/mol. The molecular formula is C7H7F4N. The fourth-order valence-corrected chi connectivity index (χ4v) is 0.530.